The number of aliphatic hydroxyl groups excluding tert-OH is 1. The molecule has 0 heterocycles. The molecule has 12 heavy (non-hydrogen) atoms. The molecule has 1 rings (SSSR count). The van der Waals surface area contributed by atoms with Crippen LogP contribution in [0.3, 0.4) is 0 Å². The van der Waals surface area contributed by atoms with Crippen molar-refractivity contribution in [3.63, 3.8) is 0 Å². The third-order valence-corrected chi connectivity index (χ3v) is 1.87. The van der Waals surface area contributed by atoms with Gasteiger partial charge in [-0.05, 0) is 36.6 Å². The first kappa shape index (κ1) is 9.01. The third kappa shape index (κ3) is 1.95. The van der Waals surface area contributed by atoms with Gasteiger partial charge in [0.25, 0.3) is 0 Å². The molecule has 0 aliphatic carbocycles. The smallest absolute Gasteiger partial charge is 0.0682 e. The first-order valence-corrected chi connectivity index (χ1v) is 4.11. The summed E-state index contributed by atoms with van der Waals surface area (Å²) in [6.07, 6.45) is 4.05. The molecule has 0 saturated heterocycles. The maximum absolute atomic E-state index is 8.90. The van der Waals surface area contributed by atoms with Crippen LogP contribution in [0.2, 0.25) is 0 Å². The number of benzene rings is 1. The van der Waals surface area contributed by atoms with Crippen LogP contribution >= 0.6 is 0 Å². The molecule has 0 atom stereocenters. The molecule has 1 N–H and O–H groups in total. The summed E-state index contributed by atoms with van der Waals surface area (Å²) >= 11 is 0. The fraction of sp³-hybridized carbons (Fsp3) is 0.273. The maximum Gasteiger partial charge on any atom is 0.0682 e. The van der Waals surface area contributed by atoms with Crippen molar-refractivity contribution < 1.29 is 5.11 Å². The van der Waals surface area contributed by atoms with Crippen LogP contribution in [0.5, 0.6) is 0 Å². The van der Waals surface area contributed by atoms with Gasteiger partial charge in [0.1, 0.15) is 0 Å². The average molecular weight is 162 g/mol. The zero-order chi connectivity index (χ0) is 8.97. The predicted octanol–water partition coefficient (Wildman–Crippen LogP) is 2.52. The van der Waals surface area contributed by atoms with E-state index in [1.54, 1.807) is 0 Å². The van der Waals surface area contributed by atoms with Crippen molar-refractivity contribution in [1.82, 2.24) is 0 Å². The maximum atomic E-state index is 8.90. The zero-order valence-corrected chi connectivity index (χ0v) is 7.54. The quantitative estimate of drug-likeness (QED) is 0.708. The summed E-state index contributed by atoms with van der Waals surface area (Å²) in [5.74, 6) is 0. The topological polar surface area (TPSA) is 20.2 Å². The highest BCUT2D eigenvalue weighted by Crippen LogP contribution is 2.12. The number of hydrogen-bond acceptors (Lipinski definition) is 1. The summed E-state index contributed by atoms with van der Waals surface area (Å²) < 4.78 is 0. The SMILES string of the molecule is C/C=C/c1cc(CO)ccc1C. The van der Waals surface area contributed by atoms with Gasteiger partial charge in [0.05, 0.1) is 6.61 Å². The van der Waals surface area contributed by atoms with Gasteiger partial charge in [-0.1, -0.05) is 24.3 Å². The molecule has 0 fully saturated rings. The van der Waals surface area contributed by atoms with Gasteiger partial charge in [0.2, 0.25) is 0 Å². The van der Waals surface area contributed by atoms with Crippen molar-refractivity contribution in [2.24, 2.45) is 0 Å². The Balaban J connectivity index is 3.08. The highest BCUT2D eigenvalue weighted by Gasteiger charge is 1.95. The molecule has 64 valence electrons. The van der Waals surface area contributed by atoms with Crippen LogP contribution in [-0.2, 0) is 6.61 Å². The van der Waals surface area contributed by atoms with E-state index in [4.69, 9.17) is 5.11 Å². The number of rotatable bonds is 2. The molecule has 0 radical (unpaired) electrons. The highest BCUT2D eigenvalue weighted by atomic mass is 16.3. The summed E-state index contributed by atoms with van der Waals surface area (Å²) in [7, 11) is 0. The first-order valence-electron chi connectivity index (χ1n) is 4.11. The second kappa shape index (κ2) is 4.07. The van der Waals surface area contributed by atoms with Crippen molar-refractivity contribution in [1.29, 1.82) is 0 Å². The standard InChI is InChI=1S/C11H14O/c1-3-4-11-7-10(8-12)6-5-9(11)2/h3-7,12H,8H2,1-2H3/b4-3+. The van der Waals surface area contributed by atoms with E-state index in [1.807, 2.05) is 31.2 Å². The fourth-order valence-corrected chi connectivity index (χ4v) is 1.15. The number of allylic oxidation sites excluding steroid dienone is 1. The Hall–Kier alpha value is -1.08. The van der Waals surface area contributed by atoms with Gasteiger partial charge in [-0.2, -0.15) is 0 Å². The van der Waals surface area contributed by atoms with Crippen molar-refractivity contribution in [2.75, 3.05) is 0 Å². The van der Waals surface area contributed by atoms with Gasteiger partial charge in [0.15, 0.2) is 0 Å². The van der Waals surface area contributed by atoms with Gasteiger partial charge < -0.3 is 5.11 Å². The van der Waals surface area contributed by atoms with E-state index in [0.29, 0.717) is 0 Å². The molecule has 1 heteroatoms. The second-order valence-electron chi connectivity index (χ2n) is 2.85. The molecule has 0 amide bonds. The lowest BCUT2D eigenvalue weighted by Crippen LogP contribution is -1.86. The van der Waals surface area contributed by atoms with Gasteiger partial charge >= 0.3 is 0 Å². The minimum absolute atomic E-state index is 0.116. The van der Waals surface area contributed by atoms with Crippen molar-refractivity contribution in [3.05, 3.63) is 41.0 Å². The summed E-state index contributed by atoms with van der Waals surface area (Å²) in [5.41, 5.74) is 3.39. The molecule has 0 bridgehead atoms. The van der Waals surface area contributed by atoms with E-state index in [0.717, 1.165) is 5.56 Å². The molecule has 0 aliphatic heterocycles. The molecule has 0 unspecified atom stereocenters. The normalized spacial score (nSPS) is 10.9. The third-order valence-electron chi connectivity index (χ3n) is 1.87. The lowest BCUT2D eigenvalue weighted by atomic mass is 10.1. The van der Waals surface area contributed by atoms with Gasteiger partial charge in [0, 0.05) is 0 Å². The van der Waals surface area contributed by atoms with E-state index in [9.17, 15) is 0 Å². The largest absolute Gasteiger partial charge is 0.392 e. The van der Waals surface area contributed by atoms with E-state index in [-0.39, 0.29) is 6.61 Å². The average Bonchev–Trinajstić information content (AvgIpc) is 2.09. The second-order valence-corrected chi connectivity index (χ2v) is 2.85. The monoisotopic (exact) mass is 162 g/mol. The lowest BCUT2D eigenvalue weighted by Gasteiger charge is -2.02. The summed E-state index contributed by atoms with van der Waals surface area (Å²) in [6.45, 7) is 4.17. The summed E-state index contributed by atoms with van der Waals surface area (Å²) in [6, 6.07) is 5.98. The van der Waals surface area contributed by atoms with Gasteiger partial charge in [-0.25, -0.2) is 0 Å². The molecule has 0 spiro atoms. The molecule has 1 nitrogen and oxygen atoms in total. The van der Waals surface area contributed by atoms with Gasteiger partial charge in [-0.3, -0.25) is 0 Å². The number of hydrogen-bond donors (Lipinski definition) is 1. The Morgan fingerprint density at radius 1 is 1.42 bits per heavy atom. The van der Waals surface area contributed by atoms with E-state index >= 15 is 0 Å². The van der Waals surface area contributed by atoms with Gasteiger partial charge in [-0.15, -0.1) is 0 Å². The highest BCUT2D eigenvalue weighted by molar-refractivity contribution is 5.54. The molecule has 0 aliphatic rings. The first-order chi connectivity index (χ1) is 5.77. The van der Waals surface area contributed by atoms with E-state index in [1.165, 1.54) is 11.1 Å². The van der Waals surface area contributed by atoms with Crippen LogP contribution in [0, 0.1) is 6.92 Å². The Bertz CT molecular complexity index is 287. The lowest BCUT2D eigenvalue weighted by molar-refractivity contribution is 0.282. The van der Waals surface area contributed by atoms with Crippen LogP contribution in [0.1, 0.15) is 23.6 Å². The Kier molecular flexibility index (Phi) is 3.06. The Labute approximate surface area is 73.4 Å². The van der Waals surface area contributed by atoms with Crippen molar-refractivity contribution in [3.8, 4) is 0 Å². The molecule has 1 aromatic rings. The molecule has 1 aromatic carbocycles. The van der Waals surface area contributed by atoms with E-state index in [2.05, 4.69) is 13.0 Å². The number of aliphatic hydroxyl groups is 1. The Morgan fingerprint density at radius 2 is 2.17 bits per heavy atom. The summed E-state index contributed by atoms with van der Waals surface area (Å²) in [4.78, 5) is 0. The zero-order valence-electron chi connectivity index (χ0n) is 7.54. The molecular weight excluding hydrogens is 148 g/mol. The minimum Gasteiger partial charge on any atom is -0.392 e. The minimum atomic E-state index is 0.116. The fourth-order valence-electron chi connectivity index (χ4n) is 1.15. The predicted molar refractivity (Wildman–Crippen MR) is 51.8 cm³/mol. The summed E-state index contributed by atoms with van der Waals surface area (Å²) in [5, 5.41) is 8.90. The van der Waals surface area contributed by atoms with Crippen LogP contribution in [0.4, 0.5) is 0 Å². The van der Waals surface area contributed by atoms with Crippen LogP contribution in [0.25, 0.3) is 6.08 Å². The number of aryl methyl sites for hydroxylation is 1. The van der Waals surface area contributed by atoms with Crippen LogP contribution in [0.15, 0.2) is 24.3 Å². The van der Waals surface area contributed by atoms with E-state index < -0.39 is 0 Å². The molecule has 0 saturated carbocycles. The van der Waals surface area contributed by atoms with Crippen molar-refractivity contribution in [2.45, 2.75) is 20.5 Å². The van der Waals surface area contributed by atoms with Crippen LogP contribution in [-0.4, -0.2) is 5.11 Å². The molecule has 0 aromatic heterocycles. The van der Waals surface area contributed by atoms with Crippen molar-refractivity contribution >= 4 is 6.08 Å². The van der Waals surface area contributed by atoms with Crippen LogP contribution < -0.4 is 0 Å². The molecular formula is C11H14O. The Morgan fingerprint density at radius 3 is 2.75 bits per heavy atom.